The van der Waals surface area contributed by atoms with Crippen LogP contribution < -0.4 is 5.73 Å². The Bertz CT molecular complexity index is 532. The average molecular weight is 304 g/mol. The summed E-state index contributed by atoms with van der Waals surface area (Å²) >= 11 is 1.68. The molecule has 0 amide bonds. The summed E-state index contributed by atoms with van der Waals surface area (Å²) in [5.41, 5.74) is 5.60. The average Bonchev–Trinajstić information content (AvgIpc) is 2.37. The minimum absolute atomic E-state index is 0.0613. The second-order valence-corrected chi connectivity index (χ2v) is 7.36. The SMILES string of the molecule is CSCCC(C)N(C)S(=O)(=O)c1ccc(O)c(N)c1. The molecule has 0 saturated heterocycles. The van der Waals surface area contributed by atoms with Gasteiger partial charge in [-0.2, -0.15) is 16.1 Å². The smallest absolute Gasteiger partial charge is 0.243 e. The number of nitrogens with two attached hydrogens (primary N) is 1. The molecule has 0 fully saturated rings. The summed E-state index contributed by atoms with van der Waals surface area (Å²) in [6.07, 6.45) is 2.77. The molecular weight excluding hydrogens is 284 g/mol. The molecule has 0 aliphatic heterocycles. The standard InChI is InChI=1S/C12H20N2O3S2/c1-9(6-7-18-3)14(2)19(16,17)10-4-5-12(15)11(13)8-10/h4-5,8-9,15H,6-7,13H2,1-3H3. The van der Waals surface area contributed by atoms with Crippen molar-refractivity contribution >= 4 is 27.5 Å². The normalized spacial score (nSPS) is 13.7. The topological polar surface area (TPSA) is 83.6 Å². The van der Waals surface area contributed by atoms with Crippen LogP contribution in [-0.4, -0.2) is 42.9 Å². The number of phenolic OH excluding ortho intramolecular Hbond substituents is 1. The molecule has 1 atom stereocenters. The Morgan fingerprint density at radius 2 is 2.11 bits per heavy atom. The summed E-state index contributed by atoms with van der Waals surface area (Å²) < 4.78 is 26.1. The molecule has 0 aliphatic rings. The van der Waals surface area contributed by atoms with Gasteiger partial charge in [0.05, 0.1) is 10.6 Å². The Hall–Kier alpha value is -0.920. The zero-order chi connectivity index (χ0) is 14.6. The quantitative estimate of drug-likeness (QED) is 0.618. The fraction of sp³-hybridized carbons (Fsp3) is 0.500. The number of thioether (sulfide) groups is 1. The van der Waals surface area contributed by atoms with Crippen molar-refractivity contribution in [1.29, 1.82) is 0 Å². The van der Waals surface area contributed by atoms with Crippen molar-refractivity contribution < 1.29 is 13.5 Å². The molecule has 0 bridgehead atoms. The first kappa shape index (κ1) is 16.1. The van der Waals surface area contributed by atoms with Gasteiger partial charge in [0, 0.05) is 13.1 Å². The van der Waals surface area contributed by atoms with Gasteiger partial charge in [-0.05, 0) is 43.6 Å². The zero-order valence-corrected chi connectivity index (χ0v) is 13.0. The Morgan fingerprint density at radius 3 is 2.63 bits per heavy atom. The van der Waals surface area contributed by atoms with Gasteiger partial charge < -0.3 is 10.8 Å². The molecular formula is C12H20N2O3S2. The molecule has 0 spiro atoms. The molecule has 0 aliphatic carbocycles. The van der Waals surface area contributed by atoms with Crippen molar-refractivity contribution in [2.75, 3.05) is 24.8 Å². The third kappa shape index (κ3) is 3.77. The monoisotopic (exact) mass is 304 g/mol. The molecule has 0 heterocycles. The first-order valence-corrected chi connectivity index (χ1v) is 8.69. The number of nitrogen functional groups attached to an aromatic ring is 1. The highest BCUT2D eigenvalue weighted by Gasteiger charge is 2.25. The van der Waals surface area contributed by atoms with Crippen LogP contribution in [0.1, 0.15) is 13.3 Å². The number of benzene rings is 1. The lowest BCUT2D eigenvalue weighted by Crippen LogP contribution is -2.35. The van der Waals surface area contributed by atoms with Gasteiger partial charge in [-0.1, -0.05) is 0 Å². The van der Waals surface area contributed by atoms with Crippen LogP contribution in [0.25, 0.3) is 0 Å². The molecule has 0 aromatic heterocycles. The van der Waals surface area contributed by atoms with Crippen LogP contribution in [0.4, 0.5) is 5.69 Å². The summed E-state index contributed by atoms with van der Waals surface area (Å²) in [6, 6.07) is 3.84. The number of sulfonamides is 1. The molecule has 1 unspecified atom stereocenters. The molecule has 7 heteroatoms. The van der Waals surface area contributed by atoms with Crippen LogP contribution in [-0.2, 0) is 10.0 Å². The van der Waals surface area contributed by atoms with Gasteiger partial charge in [0.15, 0.2) is 0 Å². The van der Waals surface area contributed by atoms with Gasteiger partial charge in [-0.15, -0.1) is 0 Å². The fourth-order valence-electron chi connectivity index (χ4n) is 1.57. The fourth-order valence-corrected chi connectivity index (χ4v) is 3.57. The van der Waals surface area contributed by atoms with Crippen molar-refractivity contribution in [3.8, 4) is 5.75 Å². The lowest BCUT2D eigenvalue weighted by atomic mass is 10.3. The molecule has 1 aromatic carbocycles. The van der Waals surface area contributed by atoms with Crippen LogP contribution >= 0.6 is 11.8 Å². The lowest BCUT2D eigenvalue weighted by Gasteiger charge is -2.24. The number of anilines is 1. The summed E-state index contributed by atoms with van der Waals surface area (Å²) in [5, 5.41) is 9.34. The number of hydrogen-bond acceptors (Lipinski definition) is 5. The second-order valence-electron chi connectivity index (χ2n) is 4.37. The van der Waals surface area contributed by atoms with Gasteiger partial charge in [-0.3, -0.25) is 0 Å². The predicted molar refractivity (Wildman–Crippen MR) is 79.9 cm³/mol. The molecule has 1 rings (SSSR count). The molecule has 0 saturated carbocycles. The molecule has 0 radical (unpaired) electrons. The number of nitrogens with zero attached hydrogens (tertiary/aromatic N) is 1. The third-order valence-corrected chi connectivity index (χ3v) is 5.65. The van der Waals surface area contributed by atoms with Crippen molar-refractivity contribution in [3.63, 3.8) is 0 Å². The van der Waals surface area contributed by atoms with Crippen LogP contribution in [0.3, 0.4) is 0 Å². The maximum absolute atomic E-state index is 12.4. The number of aromatic hydroxyl groups is 1. The van der Waals surface area contributed by atoms with E-state index in [9.17, 15) is 13.5 Å². The maximum atomic E-state index is 12.4. The van der Waals surface area contributed by atoms with Gasteiger partial charge in [0.2, 0.25) is 10.0 Å². The van der Waals surface area contributed by atoms with Crippen LogP contribution in [0, 0.1) is 0 Å². The molecule has 3 N–H and O–H groups in total. The summed E-state index contributed by atoms with van der Waals surface area (Å²) in [5.74, 6) is 0.788. The highest BCUT2D eigenvalue weighted by molar-refractivity contribution is 7.98. The maximum Gasteiger partial charge on any atom is 0.243 e. The van der Waals surface area contributed by atoms with Crippen molar-refractivity contribution in [3.05, 3.63) is 18.2 Å². The van der Waals surface area contributed by atoms with E-state index in [1.165, 1.54) is 22.5 Å². The van der Waals surface area contributed by atoms with Gasteiger partial charge >= 0.3 is 0 Å². The Kier molecular flexibility index (Phi) is 5.51. The number of hydrogen-bond donors (Lipinski definition) is 2. The van der Waals surface area contributed by atoms with E-state index in [0.717, 1.165) is 12.2 Å². The number of phenols is 1. The van der Waals surface area contributed by atoms with E-state index in [1.807, 2.05) is 13.2 Å². The highest BCUT2D eigenvalue weighted by atomic mass is 32.2. The molecule has 108 valence electrons. The van der Waals surface area contributed by atoms with E-state index in [2.05, 4.69) is 0 Å². The minimum atomic E-state index is -3.57. The largest absolute Gasteiger partial charge is 0.506 e. The highest BCUT2D eigenvalue weighted by Crippen LogP contribution is 2.26. The third-order valence-electron chi connectivity index (χ3n) is 3.04. The van der Waals surface area contributed by atoms with E-state index in [1.54, 1.807) is 18.8 Å². The molecule has 19 heavy (non-hydrogen) atoms. The molecule has 5 nitrogen and oxygen atoms in total. The van der Waals surface area contributed by atoms with Crippen molar-refractivity contribution in [2.45, 2.75) is 24.3 Å². The van der Waals surface area contributed by atoms with Crippen molar-refractivity contribution in [1.82, 2.24) is 4.31 Å². The van der Waals surface area contributed by atoms with E-state index < -0.39 is 10.0 Å². The number of rotatable bonds is 6. The van der Waals surface area contributed by atoms with Crippen molar-refractivity contribution in [2.24, 2.45) is 0 Å². The van der Waals surface area contributed by atoms with Crippen LogP contribution in [0.5, 0.6) is 5.75 Å². The molecule has 1 aromatic rings. The lowest BCUT2D eigenvalue weighted by molar-refractivity contribution is 0.382. The summed E-state index contributed by atoms with van der Waals surface area (Å²) in [6.45, 7) is 1.87. The van der Waals surface area contributed by atoms with E-state index in [0.29, 0.717) is 0 Å². The Labute approximate surface area is 118 Å². The summed E-state index contributed by atoms with van der Waals surface area (Å²) in [7, 11) is -2.02. The van der Waals surface area contributed by atoms with E-state index in [4.69, 9.17) is 5.73 Å². The van der Waals surface area contributed by atoms with Crippen LogP contribution in [0.2, 0.25) is 0 Å². The first-order valence-electron chi connectivity index (χ1n) is 5.86. The van der Waals surface area contributed by atoms with E-state index >= 15 is 0 Å². The predicted octanol–water partition coefficient (Wildman–Crippen LogP) is 1.74. The van der Waals surface area contributed by atoms with Crippen LogP contribution in [0.15, 0.2) is 23.1 Å². The van der Waals surface area contributed by atoms with Gasteiger partial charge in [0.1, 0.15) is 5.75 Å². The Balaban J connectivity index is 2.99. The minimum Gasteiger partial charge on any atom is -0.506 e. The second kappa shape index (κ2) is 6.49. The first-order chi connectivity index (χ1) is 8.80. The Morgan fingerprint density at radius 1 is 1.47 bits per heavy atom. The summed E-state index contributed by atoms with van der Waals surface area (Å²) in [4.78, 5) is 0.0984. The zero-order valence-electron chi connectivity index (χ0n) is 11.3. The van der Waals surface area contributed by atoms with E-state index in [-0.39, 0.29) is 22.4 Å². The van der Waals surface area contributed by atoms with Gasteiger partial charge in [0.25, 0.3) is 0 Å². The van der Waals surface area contributed by atoms with Gasteiger partial charge in [-0.25, -0.2) is 8.42 Å².